The minimum absolute atomic E-state index is 0.0168. The van der Waals surface area contributed by atoms with Crippen molar-refractivity contribution >= 4 is 33.6 Å². The van der Waals surface area contributed by atoms with E-state index in [-0.39, 0.29) is 16.2 Å². The number of anilines is 1. The molecule has 172 valence electrons. The van der Waals surface area contributed by atoms with Gasteiger partial charge in [0.15, 0.2) is 6.10 Å². The van der Waals surface area contributed by atoms with E-state index in [1.165, 1.54) is 26.2 Å². The summed E-state index contributed by atoms with van der Waals surface area (Å²) >= 11 is 0. The van der Waals surface area contributed by atoms with Crippen LogP contribution in [0, 0.1) is 6.92 Å². The molecule has 3 amide bonds. The normalized spacial score (nSPS) is 11.8. The van der Waals surface area contributed by atoms with Gasteiger partial charge < -0.3 is 14.8 Å². The Morgan fingerprint density at radius 3 is 2.31 bits per heavy atom. The zero-order valence-electron chi connectivity index (χ0n) is 18.1. The number of ether oxygens (including phenoxy) is 2. The lowest BCUT2D eigenvalue weighted by Gasteiger charge is -2.15. The van der Waals surface area contributed by atoms with Crippen LogP contribution in [0.1, 0.15) is 29.8 Å². The van der Waals surface area contributed by atoms with Crippen molar-refractivity contribution < 1.29 is 32.3 Å². The third-order valence-electron chi connectivity index (χ3n) is 4.22. The van der Waals surface area contributed by atoms with E-state index in [1.54, 1.807) is 31.2 Å². The second kappa shape index (κ2) is 10.6. The van der Waals surface area contributed by atoms with Crippen molar-refractivity contribution in [2.45, 2.75) is 31.8 Å². The second-order valence-electron chi connectivity index (χ2n) is 6.73. The predicted octanol–water partition coefficient (Wildman–Crippen LogP) is 2.20. The van der Waals surface area contributed by atoms with Crippen LogP contribution in [-0.2, 0) is 19.6 Å². The molecule has 0 aliphatic heterocycles. The third kappa shape index (κ3) is 6.45. The first-order chi connectivity index (χ1) is 15.1. The fourth-order valence-electron chi connectivity index (χ4n) is 2.55. The average Bonchev–Trinajstić information content (AvgIpc) is 2.74. The van der Waals surface area contributed by atoms with Crippen LogP contribution in [0.4, 0.5) is 10.5 Å². The minimum Gasteiger partial charge on any atom is -0.495 e. The number of hydrogen-bond acceptors (Lipinski definition) is 7. The highest BCUT2D eigenvalue weighted by Gasteiger charge is 2.25. The number of sulfonamides is 1. The number of nitrogens with one attached hydrogen (secondary N) is 3. The van der Waals surface area contributed by atoms with Gasteiger partial charge in [-0.2, -0.15) is 0 Å². The van der Waals surface area contributed by atoms with Gasteiger partial charge in [-0.25, -0.2) is 18.0 Å². The summed E-state index contributed by atoms with van der Waals surface area (Å²) in [5, 5.41) is 4.41. The summed E-state index contributed by atoms with van der Waals surface area (Å²) in [5.74, 6) is -1.76. The molecular weight excluding hydrogens is 438 g/mol. The molecule has 0 fully saturated rings. The lowest BCUT2D eigenvalue weighted by molar-refractivity contribution is -0.127. The maximum absolute atomic E-state index is 12.9. The standard InChI is InChI=1S/C21H25N3O7S/c1-5-22-21(27)23-19(25)14(3)31-20(26)15-8-11-17(30-4)18(12-15)32(28,29)24-16-9-6-13(2)7-10-16/h6-12,14,24H,5H2,1-4H3,(H2,22,23,25,27)/t14-/m1/s1. The molecule has 0 saturated carbocycles. The number of hydrogen-bond donors (Lipinski definition) is 3. The number of carbonyl (C=O) groups excluding carboxylic acids is 3. The van der Waals surface area contributed by atoms with Crippen LogP contribution >= 0.6 is 0 Å². The third-order valence-corrected chi connectivity index (χ3v) is 5.62. The average molecular weight is 464 g/mol. The van der Waals surface area contributed by atoms with Crippen LogP contribution in [-0.4, -0.2) is 46.1 Å². The van der Waals surface area contributed by atoms with Gasteiger partial charge in [0.2, 0.25) is 0 Å². The van der Waals surface area contributed by atoms with Crippen LogP contribution in [0.5, 0.6) is 5.75 Å². The van der Waals surface area contributed by atoms with Gasteiger partial charge in [-0.15, -0.1) is 0 Å². The van der Waals surface area contributed by atoms with E-state index in [9.17, 15) is 22.8 Å². The summed E-state index contributed by atoms with van der Waals surface area (Å²) < 4.78 is 38.4. The Morgan fingerprint density at radius 2 is 1.72 bits per heavy atom. The number of aryl methyl sites for hydroxylation is 1. The molecule has 0 spiro atoms. The van der Waals surface area contributed by atoms with Crippen LogP contribution in [0.3, 0.4) is 0 Å². The molecule has 3 N–H and O–H groups in total. The Hall–Kier alpha value is -3.60. The summed E-state index contributed by atoms with van der Waals surface area (Å²) in [4.78, 5) is 35.6. The summed E-state index contributed by atoms with van der Waals surface area (Å²) in [5.41, 5.74) is 1.18. The Bertz CT molecular complexity index is 1100. The minimum atomic E-state index is -4.11. The lowest BCUT2D eigenvalue weighted by Crippen LogP contribution is -2.44. The first-order valence-electron chi connectivity index (χ1n) is 9.64. The fraction of sp³-hybridized carbons (Fsp3) is 0.286. The monoisotopic (exact) mass is 463 g/mol. The van der Waals surface area contributed by atoms with Crippen molar-refractivity contribution in [3.05, 3.63) is 53.6 Å². The Labute approximate surface area is 186 Å². The number of benzene rings is 2. The van der Waals surface area contributed by atoms with Crippen LogP contribution in [0.15, 0.2) is 47.4 Å². The summed E-state index contributed by atoms with van der Waals surface area (Å²) in [7, 11) is -2.81. The van der Waals surface area contributed by atoms with Gasteiger partial charge in [0.05, 0.1) is 12.7 Å². The molecule has 2 aromatic rings. The Kier molecular flexibility index (Phi) is 8.19. The van der Waals surface area contributed by atoms with Crippen molar-refractivity contribution in [1.82, 2.24) is 10.6 Å². The van der Waals surface area contributed by atoms with E-state index in [0.717, 1.165) is 11.6 Å². The number of rotatable bonds is 8. The van der Waals surface area contributed by atoms with Gasteiger partial charge >= 0.3 is 12.0 Å². The fourth-order valence-corrected chi connectivity index (χ4v) is 3.80. The van der Waals surface area contributed by atoms with Crippen molar-refractivity contribution in [2.24, 2.45) is 0 Å². The molecule has 2 rings (SSSR count). The quantitative estimate of drug-likeness (QED) is 0.510. The summed E-state index contributed by atoms with van der Waals surface area (Å²) in [6.45, 7) is 5.14. The van der Waals surface area contributed by atoms with Gasteiger partial charge in [-0.1, -0.05) is 17.7 Å². The van der Waals surface area contributed by atoms with Gasteiger partial charge in [-0.05, 0) is 51.1 Å². The molecule has 0 aromatic heterocycles. The molecule has 0 unspecified atom stereocenters. The molecule has 1 atom stereocenters. The Balaban J connectivity index is 2.22. The first kappa shape index (κ1) is 24.7. The molecule has 11 heteroatoms. The zero-order valence-corrected chi connectivity index (χ0v) is 18.9. The number of methoxy groups -OCH3 is 1. The SMILES string of the molecule is CCNC(=O)NC(=O)[C@@H](C)OC(=O)c1ccc(OC)c(S(=O)(=O)Nc2ccc(C)cc2)c1. The molecule has 0 radical (unpaired) electrons. The molecule has 32 heavy (non-hydrogen) atoms. The maximum atomic E-state index is 12.9. The lowest BCUT2D eigenvalue weighted by atomic mass is 10.2. The van der Waals surface area contributed by atoms with Crippen molar-refractivity contribution in [2.75, 3.05) is 18.4 Å². The van der Waals surface area contributed by atoms with Crippen molar-refractivity contribution in [1.29, 1.82) is 0 Å². The topological polar surface area (TPSA) is 140 Å². The van der Waals surface area contributed by atoms with E-state index in [2.05, 4.69) is 10.0 Å². The highest BCUT2D eigenvalue weighted by molar-refractivity contribution is 7.92. The number of esters is 1. The highest BCUT2D eigenvalue weighted by Crippen LogP contribution is 2.27. The highest BCUT2D eigenvalue weighted by atomic mass is 32.2. The van der Waals surface area contributed by atoms with E-state index in [4.69, 9.17) is 9.47 Å². The summed E-state index contributed by atoms with van der Waals surface area (Å²) in [6.07, 6.45) is -1.29. The van der Waals surface area contributed by atoms with Crippen molar-refractivity contribution in [3.63, 3.8) is 0 Å². The zero-order chi connectivity index (χ0) is 23.9. The van der Waals surface area contributed by atoms with Gasteiger partial charge in [0.25, 0.3) is 15.9 Å². The smallest absolute Gasteiger partial charge is 0.338 e. The van der Waals surface area contributed by atoms with Crippen LogP contribution in [0.2, 0.25) is 0 Å². The van der Waals surface area contributed by atoms with Gasteiger partial charge in [-0.3, -0.25) is 14.8 Å². The molecule has 0 saturated heterocycles. The van der Waals surface area contributed by atoms with E-state index in [1.807, 2.05) is 12.2 Å². The predicted molar refractivity (Wildman–Crippen MR) is 117 cm³/mol. The number of urea groups is 1. The number of imide groups is 1. The van der Waals surface area contributed by atoms with Crippen LogP contribution in [0.25, 0.3) is 0 Å². The summed E-state index contributed by atoms with van der Waals surface area (Å²) in [6, 6.07) is 9.68. The number of carbonyl (C=O) groups is 3. The molecule has 0 aliphatic carbocycles. The largest absolute Gasteiger partial charge is 0.495 e. The van der Waals surface area contributed by atoms with E-state index < -0.39 is 34.0 Å². The molecule has 0 bridgehead atoms. The molecule has 0 heterocycles. The van der Waals surface area contributed by atoms with Gasteiger partial charge in [0.1, 0.15) is 10.6 Å². The number of amides is 3. The second-order valence-corrected chi connectivity index (χ2v) is 8.38. The van der Waals surface area contributed by atoms with E-state index in [0.29, 0.717) is 12.2 Å². The van der Waals surface area contributed by atoms with Crippen LogP contribution < -0.4 is 20.1 Å². The molecule has 0 aliphatic rings. The molecule has 10 nitrogen and oxygen atoms in total. The Morgan fingerprint density at radius 1 is 1.06 bits per heavy atom. The molecular formula is C21H25N3O7S. The van der Waals surface area contributed by atoms with Crippen molar-refractivity contribution in [3.8, 4) is 5.75 Å². The van der Waals surface area contributed by atoms with Gasteiger partial charge in [0, 0.05) is 12.2 Å². The first-order valence-corrected chi connectivity index (χ1v) is 11.1. The maximum Gasteiger partial charge on any atom is 0.338 e. The van der Waals surface area contributed by atoms with E-state index >= 15 is 0 Å². The molecule has 2 aromatic carbocycles.